The summed E-state index contributed by atoms with van der Waals surface area (Å²) < 4.78 is 28.9. The van der Waals surface area contributed by atoms with Crippen molar-refractivity contribution in [3.05, 3.63) is 0 Å². The highest BCUT2D eigenvalue weighted by Gasteiger charge is 2.24. The molecule has 0 bridgehead atoms. The van der Waals surface area contributed by atoms with Gasteiger partial charge >= 0.3 is 0 Å². The third-order valence-electron chi connectivity index (χ3n) is 1.25. The van der Waals surface area contributed by atoms with Gasteiger partial charge in [0.05, 0.1) is 6.10 Å². The SMILES string of the molecule is CC(C(O)CN)S(=O)(=O)O. The van der Waals surface area contributed by atoms with Crippen LogP contribution in [0.5, 0.6) is 0 Å². The van der Waals surface area contributed by atoms with Crippen LogP contribution in [-0.2, 0) is 10.1 Å². The van der Waals surface area contributed by atoms with E-state index >= 15 is 0 Å². The van der Waals surface area contributed by atoms with Gasteiger partial charge in [-0.3, -0.25) is 4.55 Å². The summed E-state index contributed by atoms with van der Waals surface area (Å²) in [6.07, 6.45) is -1.20. The Balaban J connectivity index is 4.23. The minimum absolute atomic E-state index is 0.180. The van der Waals surface area contributed by atoms with Gasteiger partial charge in [-0.15, -0.1) is 0 Å². The lowest BCUT2D eigenvalue weighted by Crippen LogP contribution is -2.36. The fourth-order valence-corrected chi connectivity index (χ4v) is 0.898. The smallest absolute Gasteiger partial charge is 0.270 e. The zero-order chi connectivity index (χ0) is 8.36. The highest BCUT2D eigenvalue weighted by Crippen LogP contribution is 2.01. The van der Waals surface area contributed by atoms with Gasteiger partial charge < -0.3 is 10.8 Å². The molecule has 0 saturated heterocycles. The van der Waals surface area contributed by atoms with Crippen LogP contribution in [0.2, 0.25) is 0 Å². The summed E-state index contributed by atoms with van der Waals surface area (Å²) in [7, 11) is -4.14. The molecule has 0 aliphatic heterocycles. The van der Waals surface area contributed by atoms with Crippen LogP contribution < -0.4 is 5.73 Å². The molecule has 0 aromatic rings. The van der Waals surface area contributed by atoms with Crippen molar-refractivity contribution in [1.82, 2.24) is 0 Å². The van der Waals surface area contributed by atoms with Gasteiger partial charge in [0.15, 0.2) is 0 Å². The molecule has 62 valence electrons. The molecule has 0 rings (SSSR count). The standard InChI is InChI=1S/C4H11NO4S/c1-3(4(6)2-5)10(7,8)9/h3-4,6H,2,5H2,1H3,(H,7,8,9). The molecule has 0 spiro atoms. The van der Waals surface area contributed by atoms with Crippen molar-refractivity contribution in [2.45, 2.75) is 18.3 Å². The molecule has 5 nitrogen and oxygen atoms in total. The number of hydrogen-bond donors (Lipinski definition) is 3. The molecular weight excluding hydrogens is 158 g/mol. The van der Waals surface area contributed by atoms with Gasteiger partial charge in [0.25, 0.3) is 10.1 Å². The van der Waals surface area contributed by atoms with Crippen molar-refractivity contribution in [3.63, 3.8) is 0 Å². The molecular formula is C4H11NO4S. The monoisotopic (exact) mass is 169 g/mol. The van der Waals surface area contributed by atoms with E-state index in [2.05, 4.69) is 0 Å². The molecule has 0 aromatic carbocycles. The van der Waals surface area contributed by atoms with Gasteiger partial charge in [-0.1, -0.05) is 0 Å². The molecule has 6 heteroatoms. The van der Waals surface area contributed by atoms with Crippen molar-refractivity contribution >= 4 is 10.1 Å². The van der Waals surface area contributed by atoms with Crippen LogP contribution in [0, 0.1) is 0 Å². The molecule has 0 saturated carbocycles. The lowest BCUT2D eigenvalue weighted by atomic mass is 10.3. The molecule has 0 aliphatic carbocycles. The molecule has 4 N–H and O–H groups in total. The van der Waals surface area contributed by atoms with E-state index in [-0.39, 0.29) is 6.54 Å². The minimum atomic E-state index is -4.14. The molecule has 2 atom stereocenters. The fraction of sp³-hybridized carbons (Fsp3) is 1.00. The van der Waals surface area contributed by atoms with Crippen LogP contribution in [0.15, 0.2) is 0 Å². The molecule has 0 fully saturated rings. The Hall–Kier alpha value is -0.170. The summed E-state index contributed by atoms with van der Waals surface area (Å²) in [5, 5.41) is 7.59. The summed E-state index contributed by atoms with van der Waals surface area (Å²) in [5.41, 5.74) is 4.94. The summed E-state index contributed by atoms with van der Waals surface area (Å²) in [6, 6.07) is 0. The number of hydrogen-bond acceptors (Lipinski definition) is 4. The van der Waals surface area contributed by atoms with E-state index in [9.17, 15) is 8.42 Å². The Morgan fingerprint density at radius 2 is 2.00 bits per heavy atom. The molecule has 0 amide bonds. The van der Waals surface area contributed by atoms with Gasteiger partial charge in [-0.25, -0.2) is 0 Å². The first kappa shape index (κ1) is 9.83. The van der Waals surface area contributed by atoms with Crippen LogP contribution in [0.4, 0.5) is 0 Å². The molecule has 10 heavy (non-hydrogen) atoms. The Morgan fingerprint density at radius 1 is 1.60 bits per heavy atom. The molecule has 0 heterocycles. The van der Waals surface area contributed by atoms with Crippen molar-refractivity contribution in [3.8, 4) is 0 Å². The number of nitrogens with two attached hydrogens (primary N) is 1. The van der Waals surface area contributed by atoms with Crippen molar-refractivity contribution in [2.75, 3.05) is 6.54 Å². The van der Waals surface area contributed by atoms with Crippen molar-refractivity contribution in [1.29, 1.82) is 0 Å². The fourth-order valence-electron chi connectivity index (χ4n) is 0.390. The normalized spacial score (nSPS) is 18.4. The van der Waals surface area contributed by atoms with Gasteiger partial charge in [0, 0.05) is 6.54 Å². The summed E-state index contributed by atoms with van der Waals surface area (Å²) in [6.45, 7) is 1.01. The predicted molar refractivity (Wildman–Crippen MR) is 36.1 cm³/mol. The zero-order valence-corrected chi connectivity index (χ0v) is 6.37. The number of aliphatic hydroxyl groups excluding tert-OH is 1. The van der Waals surface area contributed by atoms with Crippen molar-refractivity contribution < 1.29 is 18.1 Å². The van der Waals surface area contributed by atoms with E-state index in [1.807, 2.05) is 0 Å². The summed E-state index contributed by atoms with van der Waals surface area (Å²) >= 11 is 0. The van der Waals surface area contributed by atoms with Gasteiger partial charge in [0.1, 0.15) is 5.25 Å². The number of rotatable bonds is 3. The molecule has 0 aliphatic rings. The first-order chi connectivity index (χ1) is 4.39. The van der Waals surface area contributed by atoms with Gasteiger partial charge in [-0.2, -0.15) is 8.42 Å². The van der Waals surface area contributed by atoms with E-state index in [4.69, 9.17) is 15.4 Å². The average molecular weight is 169 g/mol. The molecule has 0 aromatic heterocycles. The van der Waals surface area contributed by atoms with E-state index in [1.165, 1.54) is 6.92 Å². The quantitative estimate of drug-likeness (QED) is 0.450. The third kappa shape index (κ3) is 2.61. The Morgan fingerprint density at radius 3 is 2.10 bits per heavy atom. The number of aliphatic hydroxyl groups is 1. The predicted octanol–water partition coefficient (Wildman–Crippen LogP) is -1.42. The van der Waals surface area contributed by atoms with E-state index in [0.717, 1.165) is 0 Å². The maximum atomic E-state index is 10.3. The lowest BCUT2D eigenvalue weighted by Gasteiger charge is -2.12. The van der Waals surface area contributed by atoms with E-state index in [1.54, 1.807) is 0 Å². The Kier molecular flexibility index (Phi) is 3.23. The topological polar surface area (TPSA) is 101 Å². The highest BCUT2D eigenvalue weighted by molar-refractivity contribution is 7.86. The van der Waals surface area contributed by atoms with Crippen LogP contribution in [0.3, 0.4) is 0 Å². The Labute approximate surface area is 59.6 Å². The van der Waals surface area contributed by atoms with Crippen LogP contribution >= 0.6 is 0 Å². The van der Waals surface area contributed by atoms with E-state index < -0.39 is 21.5 Å². The lowest BCUT2D eigenvalue weighted by molar-refractivity contribution is 0.177. The van der Waals surface area contributed by atoms with Crippen molar-refractivity contribution in [2.24, 2.45) is 5.73 Å². The first-order valence-electron chi connectivity index (χ1n) is 2.74. The largest absolute Gasteiger partial charge is 0.390 e. The maximum absolute atomic E-state index is 10.3. The third-order valence-corrected chi connectivity index (χ3v) is 2.51. The molecule has 2 unspecified atom stereocenters. The minimum Gasteiger partial charge on any atom is -0.390 e. The second-order valence-corrected chi connectivity index (χ2v) is 3.80. The maximum Gasteiger partial charge on any atom is 0.270 e. The highest BCUT2D eigenvalue weighted by atomic mass is 32.2. The van der Waals surface area contributed by atoms with Crippen LogP contribution in [-0.4, -0.2) is 36.0 Å². The van der Waals surface area contributed by atoms with Gasteiger partial charge in [-0.05, 0) is 6.92 Å². The molecule has 0 radical (unpaired) electrons. The average Bonchev–Trinajstić information content (AvgIpc) is 1.83. The van der Waals surface area contributed by atoms with Crippen LogP contribution in [0.1, 0.15) is 6.92 Å². The van der Waals surface area contributed by atoms with E-state index in [0.29, 0.717) is 0 Å². The second-order valence-electron chi connectivity index (χ2n) is 2.02. The summed E-state index contributed by atoms with van der Waals surface area (Å²) in [5.74, 6) is 0. The van der Waals surface area contributed by atoms with Gasteiger partial charge in [0.2, 0.25) is 0 Å². The summed E-state index contributed by atoms with van der Waals surface area (Å²) in [4.78, 5) is 0. The first-order valence-corrected chi connectivity index (χ1v) is 4.24. The Bertz CT molecular complexity index is 187. The van der Waals surface area contributed by atoms with Crippen LogP contribution in [0.25, 0.3) is 0 Å². The zero-order valence-electron chi connectivity index (χ0n) is 5.56. The second kappa shape index (κ2) is 3.29.